The SMILES string of the molecule is CCOc1ccc(Cl)cc1S(=O)(=O)Nc1ccc2c(c1)N(C(=O)c1ccc(OC)cc1)CC2. The molecule has 0 aliphatic carbocycles. The summed E-state index contributed by atoms with van der Waals surface area (Å²) < 4.78 is 39.4. The molecule has 4 rings (SSSR count). The zero-order valence-corrected chi connectivity index (χ0v) is 19.7. The van der Waals surface area contributed by atoms with E-state index in [1.54, 1.807) is 61.4 Å². The van der Waals surface area contributed by atoms with Crippen LogP contribution in [0.1, 0.15) is 22.8 Å². The molecule has 1 aliphatic rings. The van der Waals surface area contributed by atoms with Crippen LogP contribution >= 0.6 is 11.6 Å². The van der Waals surface area contributed by atoms with Crippen LogP contribution in [0.25, 0.3) is 0 Å². The molecule has 0 spiro atoms. The number of methoxy groups -OCH3 is 1. The van der Waals surface area contributed by atoms with Gasteiger partial charge in [-0.1, -0.05) is 17.7 Å². The highest BCUT2D eigenvalue weighted by Gasteiger charge is 2.27. The Hall–Kier alpha value is -3.23. The zero-order chi connectivity index (χ0) is 23.6. The van der Waals surface area contributed by atoms with Crippen LogP contribution in [0.15, 0.2) is 65.6 Å². The Morgan fingerprint density at radius 2 is 1.85 bits per heavy atom. The van der Waals surface area contributed by atoms with Gasteiger partial charge in [-0.3, -0.25) is 9.52 Å². The Morgan fingerprint density at radius 3 is 2.55 bits per heavy atom. The third kappa shape index (κ3) is 4.77. The van der Waals surface area contributed by atoms with Gasteiger partial charge >= 0.3 is 0 Å². The summed E-state index contributed by atoms with van der Waals surface area (Å²) in [6.07, 6.45) is 0.688. The molecule has 0 saturated carbocycles. The summed E-state index contributed by atoms with van der Waals surface area (Å²) in [6.45, 7) is 2.60. The van der Waals surface area contributed by atoms with Crippen molar-refractivity contribution in [1.82, 2.24) is 0 Å². The molecule has 1 heterocycles. The van der Waals surface area contributed by atoms with E-state index in [1.165, 1.54) is 12.1 Å². The molecule has 0 atom stereocenters. The number of amides is 1. The van der Waals surface area contributed by atoms with E-state index in [4.69, 9.17) is 21.1 Å². The Labute approximate surface area is 197 Å². The first kappa shape index (κ1) is 22.9. The summed E-state index contributed by atoms with van der Waals surface area (Å²) in [7, 11) is -2.41. The van der Waals surface area contributed by atoms with Crippen LogP contribution < -0.4 is 19.1 Å². The predicted octanol–water partition coefficient (Wildman–Crippen LogP) is 4.75. The van der Waals surface area contributed by atoms with Crippen LogP contribution in [-0.2, 0) is 16.4 Å². The van der Waals surface area contributed by atoms with Crippen LogP contribution in [0.2, 0.25) is 5.02 Å². The number of anilines is 2. The molecule has 0 bridgehead atoms. The lowest BCUT2D eigenvalue weighted by atomic mass is 10.1. The number of halogens is 1. The number of nitrogens with one attached hydrogen (secondary N) is 1. The van der Waals surface area contributed by atoms with Crippen molar-refractivity contribution in [2.45, 2.75) is 18.2 Å². The van der Waals surface area contributed by atoms with E-state index in [0.717, 1.165) is 5.56 Å². The van der Waals surface area contributed by atoms with Crippen molar-refractivity contribution in [3.05, 3.63) is 76.8 Å². The fraction of sp³-hybridized carbons (Fsp3) is 0.208. The first-order valence-corrected chi connectivity index (χ1v) is 12.2. The number of carbonyl (C=O) groups is 1. The van der Waals surface area contributed by atoms with E-state index in [-0.39, 0.29) is 21.6 Å². The standard InChI is InChI=1S/C24H23ClN2O5S/c1-3-32-22-11-7-18(25)14-23(22)33(29,30)26-19-8-4-16-12-13-27(21(16)15-19)24(28)17-5-9-20(31-2)10-6-17/h4-11,14-15,26H,3,12-13H2,1-2H3. The van der Waals surface area contributed by atoms with Crippen molar-refractivity contribution < 1.29 is 22.7 Å². The molecule has 3 aromatic carbocycles. The van der Waals surface area contributed by atoms with Crippen molar-refractivity contribution >= 4 is 38.9 Å². The highest BCUT2D eigenvalue weighted by Crippen LogP contribution is 2.34. The fourth-order valence-electron chi connectivity index (χ4n) is 3.72. The molecule has 1 aliphatic heterocycles. The molecule has 172 valence electrons. The minimum absolute atomic E-state index is 0.0523. The van der Waals surface area contributed by atoms with Gasteiger partial charge in [0.1, 0.15) is 16.4 Å². The monoisotopic (exact) mass is 486 g/mol. The average molecular weight is 487 g/mol. The molecule has 33 heavy (non-hydrogen) atoms. The maximum atomic E-state index is 13.1. The highest BCUT2D eigenvalue weighted by atomic mass is 35.5. The maximum absolute atomic E-state index is 13.1. The van der Waals surface area contributed by atoms with Gasteiger partial charge in [0.2, 0.25) is 0 Å². The van der Waals surface area contributed by atoms with Gasteiger partial charge in [0.05, 0.1) is 19.4 Å². The number of benzene rings is 3. The number of carbonyl (C=O) groups excluding carboxylic acids is 1. The number of hydrogen-bond donors (Lipinski definition) is 1. The molecule has 3 aromatic rings. The van der Waals surface area contributed by atoms with Crippen LogP contribution in [0.5, 0.6) is 11.5 Å². The molecular weight excluding hydrogens is 464 g/mol. The van der Waals surface area contributed by atoms with E-state index >= 15 is 0 Å². The molecule has 0 saturated heterocycles. The zero-order valence-electron chi connectivity index (χ0n) is 18.2. The van der Waals surface area contributed by atoms with E-state index in [0.29, 0.717) is 42.3 Å². The highest BCUT2D eigenvalue weighted by molar-refractivity contribution is 7.92. The summed E-state index contributed by atoms with van der Waals surface area (Å²) in [5, 5.41) is 0.282. The molecule has 9 heteroatoms. The molecule has 1 N–H and O–H groups in total. The predicted molar refractivity (Wildman–Crippen MR) is 128 cm³/mol. The van der Waals surface area contributed by atoms with Gasteiger partial charge < -0.3 is 14.4 Å². The van der Waals surface area contributed by atoms with E-state index < -0.39 is 10.0 Å². The van der Waals surface area contributed by atoms with Crippen LogP contribution in [0.3, 0.4) is 0 Å². The van der Waals surface area contributed by atoms with Gasteiger partial charge in [0.15, 0.2) is 0 Å². The minimum atomic E-state index is -3.98. The third-order valence-corrected chi connectivity index (χ3v) is 6.95. The molecule has 0 radical (unpaired) electrons. The summed E-state index contributed by atoms with van der Waals surface area (Å²) in [6, 6.07) is 16.5. The largest absolute Gasteiger partial charge is 0.497 e. The summed E-state index contributed by atoms with van der Waals surface area (Å²) in [5.74, 6) is 0.717. The van der Waals surface area contributed by atoms with Crippen molar-refractivity contribution in [1.29, 1.82) is 0 Å². The Morgan fingerprint density at radius 1 is 1.09 bits per heavy atom. The van der Waals surface area contributed by atoms with Crippen molar-refractivity contribution in [2.75, 3.05) is 29.9 Å². The molecule has 0 unspecified atom stereocenters. The van der Waals surface area contributed by atoms with Crippen molar-refractivity contribution in [3.63, 3.8) is 0 Å². The topological polar surface area (TPSA) is 84.9 Å². The Bertz CT molecular complexity index is 1290. The molecule has 1 amide bonds. The lowest BCUT2D eigenvalue weighted by Crippen LogP contribution is -2.28. The molecule has 7 nitrogen and oxygen atoms in total. The van der Waals surface area contributed by atoms with E-state index in [1.807, 2.05) is 6.07 Å². The number of hydrogen-bond acceptors (Lipinski definition) is 5. The van der Waals surface area contributed by atoms with Gasteiger partial charge in [-0.2, -0.15) is 0 Å². The third-order valence-electron chi connectivity index (χ3n) is 5.31. The molecular formula is C24H23ClN2O5S. The van der Waals surface area contributed by atoms with Crippen molar-refractivity contribution in [3.8, 4) is 11.5 Å². The smallest absolute Gasteiger partial charge is 0.265 e. The first-order chi connectivity index (χ1) is 15.8. The summed E-state index contributed by atoms with van der Waals surface area (Å²) in [5.41, 5.74) is 2.50. The average Bonchev–Trinajstić information content (AvgIpc) is 3.23. The van der Waals surface area contributed by atoms with Crippen LogP contribution in [0, 0.1) is 0 Å². The second kappa shape index (κ2) is 9.33. The Kier molecular flexibility index (Phi) is 6.49. The second-order valence-electron chi connectivity index (χ2n) is 7.41. The normalized spacial score (nSPS) is 12.9. The number of sulfonamides is 1. The van der Waals surface area contributed by atoms with Gasteiger partial charge in [0.25, 0.3) is 15.9 Å². The van der Waals surface area contributed by atoms with Crippen molar-refractivity contribution in [2.24, 2.45) is 0 Å². The molecule has 0 fully saturated rings. The Balaban J connectivity index is 1.62. The van der Waals surface area contributed by atoms with Gasteiger partial charge in [0, 0.05) is 22.8 Å². The van der Waals surface area contributed by atoms with E-state index in [9.17, 15) is 13.2 Å². The quantitative estimate of drug-likeness (QED) is 0.521. The maximum Gasteiger partial charge on any atom is 0.265 e. The lowest BCUT2D eigenvalue weighted by molar-refractivity contribution is 0.0989. The minimum Gasteiger partial charge on any atom is -0.497 e. The second-order valence-corrected chi connectivity index (χ2v) is 9.50. The number of fused-ring (bicyclic) bond motifs is 1. The number of ether oxygens (including phenoxy) is 2. The number of rotatable bonds is 7. The van der Waals surface area contributed by atoms with Crippen LogP contribution in [0.4, 0.5) is 11.4 Å². The molecule has 0 aromatic heterocycles. The van der Waals surface area contributed by atoms with E-state index in [2.05, 4.69) is 4.72 Å². The van der Waals surface area contributed by atoms with Gasteiger partial charge in [-0.15, -0.1) is 0 Å². The summed E-state index contributed by atoms with van der Waals surface area (Å²) >= 11 is 6.03. The van der Waals surface area contributed by atoms with Gasteiger partial charge in [-0.05, 0) is 73.5 Å². The van der Waals surface area contributed by atoms with Crippen LogP contribution in [-0.4, -0.2) is 34.6 Å². The lowest BCUT2D eigenvalue weighted by Gasteiger charge is -2.19. The number of nitrogens with zero attached hydrogens (tertiary/aromatic N) is 1. The first-order valence-electron chi connectivity index (χ1n) is 10.4. The van der Waals surface area contributed by atoms with Gasteiger partial charge in [-0.25, -0.2) is 8.42 Å². The summed E-state index contributed by atoms with van der Waals surface area (Å²) in [4.78, 5) is 14.7. The fourth-order valence-corrected chi connectivity index (χ4v) is 5.18.